The Morgan fingerprint density at radius 1 is 1.62 bits per heavy atom. The number of nitrogens with two attached hydrogens (primary N) is 1. The second-order valence-electron chi connectivity index (χ2n) is 2.70. The van der Waals surface area contributed by atoms with Crippen LogP contribution in [0.15, 0.2) is 22.0 Å². The first kappa shape index (κ1) is 11.9. The molecule has 7 nitrogen and oxygen atoms in total. The summed E-state index contributed by atoms with van der Waals surface area (Å²) < 4.78 is 0. The van der Waals surface area contributed by atoms with Gasteiger partial charge in [0.05, 0.1) is 11.9 Å². The molecule has 0 radical (unpaired) electrons. The van der Waals surface area contributed by atoms with E-state index < -0.39 is 11.5 Å². The number of rotatable bonds is 3. The number of pyridine rings is 1. The highest BCUT2D eigenvalue weighted by atomic mass is 32.1. The largest absolute Gasteiger partial charge is 0.477 e. The number of nitrogens with zero attached hydrogens (tertiary/aromatic N) is 1. The van der Waals surface area contributed by atoms with Crippen LogP contribution in [-0.4, -0.2) is 27.4 Å². The van der Waals surface area contributed by atoms with E-state index in [9.17, 15) is 9.59 Å². The topological polar surface area (TPSA) is 121 Å². The molecule has 0 aliphatic heterocycles. The molecule has 0 bridgehead atoms. The number of carbonyl (C=O) groups is 1. The van der Waals surface area contributed by atoms with Gasteiger partial charge in [-0.2, -0.15) is 5.10 Å². The fourth-order valence-corrected chi connectivity index (χ4v) is 0.951. The summed E-state index contributed by atoms with van der Waals surface area (Å²) in [5.74, 6) is -1.29. The summed E-state index contributed by atoms with van der Waals surface area (Å²) in [4.78, 5) is 24.1. The Hall–Kier alpha value is -2.22. The molecule has 1 rings (SSSR count). The van der Waals surface area contributed by atoms with Gasteiger partial charge in [-0.25, -0.2) is 4.79 Å². The standard InChI is InChI=1S/C8H8N4O3S/c9-8(16)12-10-3-4-1-2-5(7(14)15)6(13)11-4/h1-3H,(H,11,13)(H,14,15)(H3,9,12,16)/b10-3-. The smallest absolute Gasteiger partial charge is 0.341 e. The molecule has 0 atom stereocenters. The number of H-pyrrole nitrogens is 1. The minimum Gasteiger partial charge on any atom is -0.477 e. The average molecular weight is 240 g/mol. The van der Waals surface area contributed by atoms with Crippen LogP contribution >= 0.6 is 12.2 Å². The van der Waals surface area contributed by atoms with Crippen LogP contribution in [0.25, 0.3) is 0 Å². The van der Waals surface area contributed by atoms with Crippen molar-refractivity contribution in [1.29, 1.82) is 0 Å². The molecule has 0 saturated heterocycles. The highest BCUT2D eigenvalue weighted by molar-refractivity contribution is 7.80. The van der Waals surface area contributed by atoms with Crippen molar-refractivity contribution in [1.82, 2.24) is 10.4 Å². The number of aromatic carboxylic acids is 1. The third kappa shape index (κ3) is 3.17. The van der Waals surface area contributed by atoms with Crippen molar-refractivity contribution in [3.63, 3.8) is 0 Å². The lowest BCUT2D eigenvalue weighted by atomic mass is 10.2. The highest BCUT2D eigenvalue weighted by Crippen LogP contribution is 1.92. The van der Waals surface area contributed by atoms with Crippen molar-refractivity contribution in [3.8, 4) is 0 Å². The molecule has 0 amide bonds. The van der Waals surface area contributed by atoms with Crippen LogP contribution < -0.4 is 16.7 Å². The van der Waals surface area contributed by atoms with E-state index in [0.717, 1.165) is 0 Å². The van der Waals surface area contributed by atoms with E-state index in [0.29, 0.717) is 5.69 Å². The van der Waals surface area contributed by atoms with Crippen LogP contribution in [0.4, 0.5) is 0 Å². The molecule has 5 N–H and O–H groups in total. The van der Waals surface area contributed by atoms with Crippen LogP contribution in [-0.2, 0) is 0 Å². The van der Waals surface area contributed by atoms with Gasteiger partial charge in [-0.15, -0.1) is 0 Å². The monoisotopic (exact) mass is 240 g/mol. The first-order valence-corrected chi connectivity index (χ1v) is 4.46. The Morgan fingerprint density at radius 3 is 2.81 bits per heavy atom. The van der Waals surface area contributed by atoms with Crippen molar-refractivity contribution in [2.24, 2.45) is 10.8 Å². The summed E-state index contributed by atoms with van der Waals surface area (Å²) in [5, 5.41) is 12.2. The predicted octanol–water partition coefficient (Wildman–Crippen LogP) is -0.760. The third-order valence-corrected chi connectivity index (χ3v) is 1.63. The Labute approximate surface area is 95.0 Å². The molecule has 1 aromatic heterocycles. The van der Waals surface area contributed by atoms with Crippen LogP contribution in [0, 0.1) is 0 Å². The third-order valence-electron chi connectivity index (χ3n) is 1.54. The number of hydrogen-bond donors (Lipinski definition) is 4. The van der Waals surface area contributed by atoms with Crippen molar-refractivity contribution in [3.05, 3.63) is 33.7 Å². The maximum absolute atomic E-state index is 11.2. The average Bonchev–Trinajstić information content (AvgIpc) is 2.16. The molecule has 16 heavy (non-hydrogen) atoms. The fraction of sp³-hybridized carbons (Fsp3) is 0. The summed E-state index contributed by atoms with van der Waals surface area (Å²) in [6.45, 7) is 0. The lowest BCUT2D eigenvalue weighted by molar-refractivity contribution is 0.0695. The zero-order valence-corrected chi connectivity index (χ0v) is 8.75. The molecule has 0 aromatic carbocycles. The Kier molecular flexibility index (Phi) is 3.72. The number of nitrogens with one attached hydrogen (secondary N) is 2. The zero-order chi connectivity index (χ0) is 12.1. The molecular weight excluding hydrogens is 232 g/mol. The minimum atomic E-state index is -1.29. The van der Waals surface area contributed by atoms with Gasteiger partial charge in [0.2, 0.25) is 0 Å². The molecule has 0 saturated carbocycles. The Morgan fingerprint density at radius 2 is 2.31 bits per heavy atom. The van der Waals surface area contributed by atoms with Gasteiger partial charge in [0.25, 0.3) is 5.56 Å². The van der Waals surface area contributed by atoms with Crippen LogP contribution in [0.2, 0.25) is 0 Å². The molecule has 0 fully saturated rings. The Balaban J connectivity index is 2.90. The fourth-order valence-electron chi connectivity index (χ4n) is 0.898. The first-order chi connectivity index (χ1) is 7.50. The van der Waals surface area contributed by atoms with Crippen molar-refractivity contribution >= 4 is 29.5 Å². The van der Waals surface area contributed by atoms with E-state index >= 15 is 0 Å². The number of carboxylic acid groups (broad SMARTS) is 1. The quantitative estimate of drug-likeness (QED) is 0.313. The van der Waals surface area contributed by atoms with Crippen LogP contribution in [0.5, 0.6) is 0 Å². The molecular formula is C8H8N4O3S. The first-order valence-electron chi connectivity index (χ1n) is 4.06. The molecule has 0 spiro atoms. The molecule has 0 unspecified atom stereocenters. The number of hydrogen-bond acceptors (Lipinski definition) is 4. The van der Waals surface area contributed by atoms with E-state index in [2.05, 4.69) is 27.7 Å². The predicted molar refractivity (Wildman–Crippen MR) is 61.5 cm³/mol. The summed E-state index contributed by atoms with van der Waals surface area (Å²) in [7, 11) is 0. The van der Waals surface area contributed by atoms with Gasteiger partial charge < -0.3 is 15.8 Å². The van der Waals surface area contributed by atoms with Crippen LogP contribution in [0.1, 0.15) is 16.1 Å². The lowest BCUT2D eigenvalue weighted by Gasteiger charge is -1.96. The molecule has 0 aliphatic carbocycles. The van der Waals surface area contributed by atoms with Gasteiger partial charge in [-0.05, 0) is 24.4 Å². The zero-order valence-electron chi connectivity index (χ0n) is 7.93. The number of hydrazone groups is 1. The highest BCUT2D eigenvalue weighted by Gasteiger charge is 2.07. The van der Waals surface area contributed by atoms with Gasteiger partial charge in [-0.1, -0.05) is 0 Å². The van der Waals surface area contributed by atoms with Gasteiger partial charge in [0.15, 0.2) is 5.11 Å². The minimum absolute atomic E-state index is 0.0132. The van der Waals surface area contributed by atoms with Crippen molar-refractivity contribution in [2.75, 3.05) is 0 Å². The molecule has 1 aromatic rings. The van der Waals surface area contributed by atoms with E-state index in [1.165, 1.54) is 18.3 Å². The SMILES string of the molecule is NC(=S)N/N=C\c1ccc(C(=O)O)c(=O)[nH]1. The number of thiocarbonyl (C=S) groups is 1. The van der Waals surface area contributed by atoms with E-state index in [-0.39, 0.29) is 10.7 Å². The maximum atomic E-state index is 11.2. The van der Waals surface area contributed by atoms with Crippen molar-refractivity contribution in [2.45, 2.75) is 0 Å². The molecule has 1 heterocycles. The second kappa shape index (κ2) is 5.03. The maximum Gasteiger partial charge on any atom is 0.341 e. The summed E-state index contributed by atoms with van der Waals surface area (Å²) in [5.41, 5.74) is 6.69. The molecule has 84 valence electrons. The van der Waals surface area contributed by atoms with Crippen LogP contribution in [0.3, 0.4) is 0 Å². The summed E-state index contributed by atoms with van der Waals surface area (Å²) >= 11 is 4.49. The van der Waals surface area contributed by atoms with E-state index in [4.69, 9.17) is 10.8 Å². The summed E-state index contributed by atoms with van der Waals surface area (Å²) in [6.07, 6.45) is 1.26. The van der Waals surface area contributed by atoms with Crippen molar-refractivity contribution < 1.29 is 9.90 Å². The van der Waals surface area contributed by atoms with Gasteiger partial charge >= 0.3 is 5.97 Å². The molecule has 0 aliphatic rings. The van der Waals surface area contributed by atoms with Gasteiger partial charge in [-0.3, -0.25) is 10.2 Å². The second-order valence-corrected chi connectivity index (χ2v) is 3.14. The molecule has 8 heteroatoms. The number of aromatic amines is 1. The van der Waals surface area contributed by atoms with E-state index in [1.807, 2.05) is 0 Å². The summed E-state index contributed by atoms with van der Waals surface area (Å²) in [6, 6.07) is 2.58. The number of carboxylic acids is 1. The lowest BCUT2D eigenvalue weighted by Crippen LogP contribution is -2.24. The van der Waals surface area contributed by atoms with Gasteiger partial charge in [0, 0.05) is 0 Å². The normalized spacial score (nSPS) is 10.2. The Bertz CT molecular complexity index is 508. The van der Waals surface area contributed by atoms with E-state index in [1.54, 1.807) is 0 Å². The van der Waals surface area contributed by atoms with Gasteiger partial charge in [0.1, 0.15) is 5.56 Å². The number of aromatic nitrogens is 1.